The van der Waals surface area contributed by atoms with Crippen molar-refractivity contribution in [1.82, 2.24) is 14.7 Å². The van der Waals surface area contributed by atoms with Gasteiger partial charge in [0, 0.05) is 34.1 Å². The molecule has 252 valence electrons. The van der Waals surface area contributed by atoms with Crippen molar-refractivity contribution in [3.05, 3.63) is 59.1 Å². The van der Waals surface area contributed by atoms with Gasteiger partial charge in [0.2, 0.25) is 5.91 Å². The van der Waals surface area contributed by atoms with Gasteiger partial charge in [0.05, 0.1) is 10.8 Å². The molecule has 1 aromatic heterocycles. The number of carbonyl (C=O) groups is 3. The van der Waals surface area contributed by atoms with Crippen molar-refractivity contribution in [2.24, 2.45) is 0 Å². The second-order valence-corrected chi connectivity index (χ2v) is 15.6. The number of hydrogen-bond acceptors (Lipinski definition) is 8. The monoisotopic (exact) mass is 681 g/mol. The lowest BCUT2D eigenvalue weighted by atomic mass is 10.1. The van der Waals surface area contributed by atoms with E-state index in [0.717, 1.165) is 41.1 Å². The van der Waals surface area contributed by atoms with E-state index in [1.807, 2.05) is 45.0 Å². The summed E-state index contributed by atoms with van der Waals surface area (Å²) in [6, 6.07) is 12.8. The van der Waals surface area contributed by atoms with Crippen molar-refractivity contribution < 1.29 is 23.9 Å². The van der Waals surface area contributed by atoms with Crippen LogP contribution in [0.2, 0.25) is 5.02 Å². The fraction of sp³-hybridized carbons (Fsp3) is 0.486. The zero-order chi connectivity index (χ0) is 33.9. The van der Waals surface area contributed by atoms with Crippen molar-refractivity contribution in [3.63, 3.8) is 0 Å². The molecule has 0 radical (unpaired) electrons. The summed E-state index contributed by atoms with van der Waals surface area (Å²) in [7, 11) is 0. The fourth-order valence-electron chi connectivity index (χ4n) is 5.49. The molecule has 5 rings (SSSR count). The van der Waals surface area contributed by atoms with E-state index in [9.17, 15) is 14.4 Å². The number of carbonyl (C=O) groups excluding carboxylic acids is 3. The third kappa shape index (κ3) is 9.09. The molecule has 2 amide bonds. The van der Waals surface area contributed by atoms with Crippen molar-refractivity contribution in [2.75, 3.05) is 36.4 Å². The molecule has 3 heterocycles. The number of thioether (sulfide) groups is 1. The third-order valence-corrected chi connectivity index (χ3v) is 9.26. The van der Waals surface area contributed by atoms with E-state index in [0.29, 0.717) is 41.1 Å². The predicted molar refractivity (Wildman–Crippen MR) is 189 cm³/mol. The number of hydrogen-bond donors (Lipinski definition) is 1. The molecule has 10 nitrogen and oxygen atoms in total. The largest absolute Gasteiger partial charge is 0.443 e. The number of piperidine rings is 1. The second kappa shape index (κ2) is 14.3. The Morgan fingerprint density at radius 2 is 1.66 bits per heavy atom. The summed E-state index contributed by atoms with van der Waals surface area (Å²) in [5.41, 5.74) is 0.394. The average Bonchev–Trinajstić information content (AvgIpc) is 3.63. The molecule has 0 aliphatic carbocycles. The van der Waals surface area contributed by atoms with Crippen LogP contribution in [0.25, 0.3) is 15.8 Å². The number of nitrogens with one attached hydrogen (secondary N) is 1. The van der Waals surface area contributed by atoms with Gasteiger partial charge >= 0.3 is 12.2 Å². The number of nitrogens with zero attached hydrogens (tertiary/aromatic N) is 4. The number of anilines is 2. The molecule has 12 heteroatoms. The Kier molecular flexibility index (Phi) is 10.6. The van der Waals surface area contributed by atoms with Gasteiger partial charge in [-0.1, -0.05) is 36.2 Å². The van der Waals surface area contributed by atoms with Gasteiger partial charge in [0.1, 0.15) is 11.2 Å². The smallest absolute Gasteiger partial charge is 0.435 e. The molecule has 0 saturated carbocycles. The molecule has 3 aromatic rings. The molecule has 2 aliphatic rings. The van der Waals surface area contributed by atoms with Gasteiger partial charge in [-0.25, -0.2) is 9.59 Å². The van der Waals surface area contributed by atoms with Gasteiger partial charge in [-0.3, -0.25) is 9.69 Å². The first-order valence-electron chi connectivity index (χ1n) is 16.1. The summed E-state index contributed by atoms with van der Waals surface area (Å²) in [6.07, 6.45) is 4.84. The average molecular weight is 682 g/mol. The predicted octanol–water partition coefficient (Wildman–Crippen LogP) is 8.19. The van der Waals surface area contributed by atoms with Gasteiger partial charge in [-0.05, 0) is 110 Å². The number of benzene rings is 2. The Morgan fingerprint density at radius 1 is 0.979 bits per heavy atom. The van der Waals surface area contributed by atoms with E-state index < -0.39 is 23.4 Å². The van der Waals surface area contributed by atoms with Crippen LogP contribution >= 0.6 is 23.4 Å². The Labute approximate surface area is 285 Å². The van der Waals surface area contributed by atoms with Crippen LogP contribution < -0.4 is 10.2 Å². The number of allylic oxidation sites excluding steroid dienone is 1. The standard InChI is InChI=1S/C35H44ClN5O5S/c1-34(2,3)45-32(43)40(21-20-39-18-8-7-9-19-39)30-26-15-14-25(22-27(26)41(38-30)33(44)46-35(4,5)6)37-31(42)29-17-16-28(47-29)23-10-12-24(36)13-11-23/h10-16,22,29H,7-9,17-21H2,1-6H3,(H,37,42). The first-order valence-corrected chi connectivity index (χ1v) is 17.4. The SMILES string of the molecule is CC(C)(C)OC(=O)N(CCN1CCCCC1)c1nn(C(=O)OC(C)(C)C)c2cc(NC(=O)C3CC=C(c4ccc(Cl)cc4)S3)ccc12. The topological polar surface area (TPSA) is 106 Å². The number of fused-ring (bicyclic) bond motifs is 1. The molecular formula is C35H44ClN5O5S. The number of halogens is 1. The first kappa shape index (κ1) is 34.8. The molecule has 1 N–H and O–H groups in total. The molecular weight excluding hydrogens is 638 g/mol. The molecule has 0 bridgehead atoms. The van der Waals surface area contributed by atoms with Gasteiger partial charge in [-0.2, -0.15) is 4.68 Å². The quantitative estimate of drug-likeness (QED) is 0.266. The Bertz CT molecular complexity index is 1650. The fourth-order valence-corrected chi connectivity index (χ4v) is 6.75. The molecule has 0 spiro atoms. The molecule has 2 aliphatic heterocycles. The zero-order valence-corrected chi connectivity index (χ0v) is 29.5. The lowest BCUT2D eigenvalue weighted by molar-refractivity contribution is -0.115. The number of likely N-dealkylation sites (tertiary alicyclic amines) is 1. The maximum Gasteiger partial charge on any atom is 0.435 e. The maximum atomic E-state index is 13.6. The van der Waals surface area contributed by atoms with Crippen LogP contribution in [-0.2, 0) is 14.3 Å². The van der Waals surface area contributed by atoms with Crippen molar-refractivity contribution in [1.29, 1.82) is 0 Å². The van der Waals surface area contributed by atoms with E-state index in [-0.39, 0.29) is 17.0 Å². The van der Waals surface area contributed by atoms with Crippen LogP contribution in [0.4, 0.5) is 21.1 Å². The lowest BCUT2D eigenvalue weighted by Gasteiger charge is -2.30. The van der Waals surface area contributed by atoms with Crippen molar-refractivity contribution >= 4 is 68.8 Å². The van der Waals surface area contributed by atoms with Crippen LogP contribution in [0.1, 0.15) is 72.8 Å². The van der Waals surface area contributed by atoms with Crippen LogP contribution in [0.3, 0.4) is 0 Å². The Hall–Kier alpha value is -3.54. The minimum Gasteiger partial charge on any atom is -0.443 e. The van der Waals surface area contributed by atoms with Gasteiger partial charge in [-0.15, -0.1) is 16.9 Å². The van der Waals surface area contributed by atoms with Crippen molar-refractivity contribution in [3.8, 4) is 0 Å². The zero-order valence-electron chi connectivity index (χ0n) is 28.0. The highest BCUT2D eigenvalue weighted by Gasteiger charge is 2.31. The number of aromatic nitrogens is 2. The normalized spacial score (nSPS) is 17.3. The van der Waals surface area contributed by atoms with Crippen LogP contribution in [-0.4, -0.2) is 75.4 Å². The number of ether oxygens (including phenoxy) is 2. The second-order valence-electron chi connectivity index (χ2n) is 13.9. The summed E-state index contributed by atoms with van der Waals surface area (Å²) < 4.78 is 12.7. The molecule has 1 atom stereocenters. The van der Waals surface area contributed by atoms with Gasteiger partial charge in [0.25, 0.3) is 0 Å². The maximum absolute atomic E-state index is 13.6. The summed E-state index contributed by atoms with van der Waals surface area (Å²) in [5, 5.41) is 8.56. The highest BCUT2D eigenvalue weighted by Crippen LogP contribution is 2.40. The van der Waals surface area contributed by atoms with E-state index in [2.05, 4.69) is 21.4 Å². The summed E-state index contributed by atoms with van der Waals surface area (Å²) >= 11 is 7.55. The van der Waals surface area contributed by atoms with Crippen molar-refractivity contribution in [2.45, 2.75) is 83.7 Å². The molecule has 47 heavy (non-hydrogen) atoms. The molecule has 1 fully saturated rings. The third-order valence-electron chi connectivity index (χ3n) is 7.66. The first-order chi connectivity index (χ1) is 22.2. The van der Waals surface area contributed by atoms with E-state index in [1.54, 1.807) is 39.0 Å². The summed E-state index contributed by atoms with van der Waals surface area (Å²) in [5.74, 6) is 0.133. The minimum atomic E-state index is -0.783. The van der Waals surface area contributed by atoms with E-state index in [4.69, 9.17) is 21.1 Å². The highest BCUT2D eigenvalue weighted by atomic mass is 35.5. The van der Waals surface area contributed by atoms with Gasteiger partial charge in [0.15, 0.2) is 5.82 Å². The lowest BCUT2D eigenvalue weighted by Crippen LogP contribution is -2.43. The van der Waals surface area contributed by atoms with E-state index in [1.165, 1.54) is 23.1 Å². The highest BCUT2D eigenvalue weighted by molar-refractivity contribution is 8.09. The number of rotatable bonds is 7. The van der Waals surface area contributed by atoms with E-state index >= 15 is 0 Å². The molecule has 2 aromatic carbocycles. The minimum absolute atomic E-state index is 0.157. The van der Waals surface area contributed by atoms with Crippen LogP contribution in [0.5, 0.6) is 0 Å². The Balaban J connectivity index is 1.44. The summed E-state index contributed by atoms with van der Waals surface area (Å²) in [4.78, 5) is 45.4. The Morgan fingerprint density at radius 3 is 2.32 bits per heavy atom. The molecule has 1 saturated heterocycles. The van der Waals surface area contributed by atoms with Gasteiger partial charge < -0.3 is 19.7 Å². The summed E-state index contributed by atoms with van der Waals surface area (Å²) in [6.45, 7) is 13.7. The molecule has 1 unspecified atom stereocenters. The van der Waals surface area contributed by atoms with Crippen LogP contribution in [0, 0.1) is 0 Å². The number of amides is 2. The van der Waals surface area contributed by atoms with Crippen LogP contribution in [0.15, 0.2) is 48.5 Å².